The maximum Gasteiger partial charge on any atom is 0.185 e. The highest BCUT2D eigenvalue weighted by atomic mass is 32.1. The molecule has 5 nitrogen and oxygen atoms in total. The van der Waals surface area contributed by atoms with Gasteiger partial charge in [-0.1, -0.05) is 0 Å². The third-order valence-corrected chi connectivity index (χ3v) is 4.84. The molecule has 0 fully saturated rings. The minimum Gasteiger partial charge on any atom is -0.395 e. The van der Waals surface area contributed by atoms with Gasteiger partial charge < -0.3 is 20.2 Å². The normalized spacial score (nSPS) is 10.6. The van der Waals surface area contributed by atoms with Gasteiger partial charge in [0.1, 0.15) is 0 Å². The molecule has 0 saturated carbocycles. The molecule has 2 aromatic rings. The SMILES string of the molecule is CCN(CC)c1ncc(CNc2ccc(N(C)CCO)cc2)s1. The zero-order chi connectivity index (χ0) is 16.7. The molecule has 0 aliphatic heterocycles. The lowest BCUT2D eigenvalue weighted by atomic mass is 10.2. The van der Waals surface area contributed by atoms with Gasteiger partial charge in [-0.2, -0.15) is 0 Å². The summed E-state index contributed by atoms with van der Waals surface area (Å²) in [5.74, 6) is 0. The van der Waals surface area contributed by atoms with Crippen molar-refractivity contribution >= 4 is 27.8 Å². The molecule has 2 N–H and O–H groups in total. The van der Waals surface area contributed by atoms with E-state index in [0.717, 1.165) is 36.1 Å². The first kappa shape index (κ1) is 17.6. The smallest absolute Gasteiger partial charge is 0.185 e. The molecule has 6 heteroatoms. The highest BCUT2D eigenvalue weighted by Crippen LogP contribution is 2.23. The number of aliphatic hydroxyl groups is 1. The van der Waals surface area contributed by atoms with Crippen LogP contribution in [0.1, 0.15) is 18.7 Å². The number of aromatic nitrogens is 1. The van der Waals surface area contributed by atoms with Gasteiger partial charge in [-0.05, 0) is 38.1 Å². The van der Waals surface area contributed by atoms with Crippen molar-refractivity contribution in [3.05, 3.63) is 35.3 Å². The van der Waals surface area contributed by atoms with Crippen LogP contribution in [0, 0.1) is 0 Å². The lowest BCUT2D eigenvalue weighted by molar-refractivity contribution is 0.304. The number of hydrogen-bond donors (Lipinski definition) is 2. The van der Waals surface area contributed by atoms with Crippen molar-refractivity contribution in [2.24, 2.45) is 0 Å². The Bertz CT molecular complexity index is 581. The highest BCUT2D eigenvalue weighted by molar-refractivity contribution is 7.15. The van der Waals surface area contributed by atoms with Crippen molar-refractivity contribution in [2.45, 2.75) is 20.4 Å². The fourth-order valence-electron chi connectivity index (χ4n) is 2.32. The van der Waals surface area contributed by atoms with Crippen molar-refractivity contribution in [1.29, 1.82) is 0 Å². The van der Waals surface area contributed by atoms with Gasteiger partial charge in [-0.3, -0.25) is 0 Å². The van der Waals surface area contributed by atoms with E-state index in [-0.39, 0.29) is 6.61 Å². The Hall–Kier alpha value is -1.79. The molecule has 2 rings (SSSR count). The second-order valence-electron chi connectivity index (χ2n) is 5.33. The topological polar surface area (TPSA) is 51.6 Å². The molecular formula is C17H26N4OS. The fraction of sp³-hybridized carbons (Fsp3) is 0.471. The van der Waals surface area contributed by atoms with E-state index < -0.39 is 0 Å². The van der Waals surface area contributed by atoms with Crippen LogP contribution in [0.4, 0.5) is 16.5 Å². The second-order valence-corrected chi connectivity index (χ2v) is 6.42. The first-order valence-corrected chi connectivity index (χ1v) is 8.85. The first-order valence-electron chi connectivity index (χ1n) is 8.03. The summed E-state index contributed by atoms with van der Waals surface area (Å²) in [6.45, 7) is 7.86. The van der Waals surface area contributed by atoms with Crippen LogP contribution >= 0.6 is 11.3 Å². The van der Waals surface area contributed by atoms with Gasteiger partial charge in [-0.15, -0.1) is 11.3 Å². The number of nitrogens with one attached hydrogen (secondary N) is 1. The van der Waals surface area contributed by atoms with Gasteiger partial charge in [0.2, 0.25) is 0 Å². The number of nitrogens with zero attached hydrogens (tertiary/aromatic N) is 3. The predicted octanol–water partition coefficient (Wildman–Crippen LogP) is 3.03. The summed E-state index contributed by atoms with van der Waals surface area (Å²) in [6.07, 6.45) is 1.95. The van der Waals surface area contributed by atoms with E-state index in [2.05, 4.69) is 53.3 Å². The van der Waals surface area contributed by atoms with Crippen molar-refractivity contribution in [1.82, 2.24) is 4.98 Å². The van der Waals surface area contributed by atoms with Crippen molar-refractivity contribution in [2.75, 3.05) is 48.4 Å². The Morgan fingerprint density at radius 3 is 2.48 bits per heavy atom. The number of aliphatic hydroxyl groups excluding tert-OH is 1. The molecule has 0 radical (unpaired) electrons. The minimum absolute atomic E-state index is 0.163. The molecule has 1 aromatic heterocycles. The van der Waals surface area contributed by atoms with Crippen LogP contribution in [0.2, 0.25) is 0 Å². The molecule has 0 aliphatic carbocycles. The minimum atomic E-state index is 0.163. The Labute approximate surface area is 142 Å². The molecule has 0 atom stereocenters. The van der Waals surface area contributed by atoms with Crippen molar-refractivity contribution < 1.29 is 5.11 Å². The molecule has 0 saturated heterocycles. The van der Waals surface area contributed by atoms with Crippen molar-refractivity contribution in [3.63, 3.8) is 0 Å². The first-order chi connectivity index (χ1) is 11.2. The molecule has 1 aromatic carbocycles. The molecule has 0 spiro atoms. The van der Waals surface area contributed by atoms with E-state index in [4.69, 9.17) is 5.11 Å². The van der Waals surface area contributed by atoms with Gasteiger partial charge in [0, 0.05) is 49.1 Å². The van der Waals surface area contributed by atoms with Crippen LogP contribution < -0.4 is 15.1 Å². The average molecular weight is 334 g/mol. The van der Waals surface area contributed by atoms with E-state index in [9.17, 15) is 0 Å². The fourth-order valence-corrected chi connectivity index (χ4v) is 3.30. The molecule has 0 aliphatic rings. The van der Waals surface area contributed by atoms with Crippen molar-refractivity contribution in [3.8, 4) is 0 Å². The lowest BCUT2D eigenvalue weighted by Crippen LogP contribution is -2.21. The monoisotopic (exact) mass is 334 g/mol. The summed E-state index contributed by atoms with van der Waals surface area (Å²) < 4.78 is 0. The van der Waals surface area contributed by atoms with Gasteiger partial charge in [-0.25, -0.2) is 4.98 Å². The van der Waals surface area contributed by atoms with Gasteiger partial charge in [0.25, 0.3) is 0 Å². The van der Waals surface area contributed by atoms with Crippen LogP contribution in [0.3, 0.4) is 0 Å². The Morgan fingerprint density at radius 2 is 1.87 bits per heavy atom. The van der Waals surface area contributed by atoms with Crippen LogP contribution in [0.15, 0.2) is 30.5 Å². The molecule has 23 heavy (non-hydrogen) atoms. The molecule has 0 unspecified atom stereocenters. The van der Waals surface area contributed by atoms with E-state index >= 15 is 0 Å². The maximum atomic E-state index is 8.98. The van der Waals surface area contributed by atoms with Crippen LogP contribution in [-0.4, -0.2) is 43.4 Å². The van der Waals surface area contributed by atoms with Crippen LogP contribution in [-0.2, 0) is 6.54 Å². The Morgan fingerprint density at radius 1 is 1.17 bits per heavy atom. The largest absolute Gasteiger partial charge is 0.395 e. The quantitative estimate of drug-likeness (QED) is 0.738. The number of rotatable bonds is 9. The summed E-state index contributed by atoms with van der Waals surface area (Å²) in [4.78, 5) is 10.0. The average Bonchev–Trinajstić information content (AvgIpc) is 3.03. The third kappa shape index (κ3) is 4.84. The van der Waals surface area contributed by atoms with E-state index in [1.807, 2.05) is 18.1 Å². The van der Waals surface area contributed by atoms with Crippen LogP contribution in [0.25, 0.3) is 0 Å². The maximum absolute atomic E-state index is 8.98. The number of thiazole rings is 1. The standard InChI is InChI=1S/C17H26N4OS/c1-4-21(5-2)17-19-13-16(23-17)12-18-14-6-8-15(9-7-14)20(3)10-11-22/h6-9,13,18,22H,4-5,10-12H2,1-3H3. The Kier molecular flexibility index (Phi) is 6.67. The zero-order valence-corrected chi connectivity index (χ0v) is 14.9. The molecule has 1 heterocycles. The van der Waals surface area contributed by atoms with E-state index in [1.54, 1.807) is 11.3 Å². The van der Waals surface area contributed by atoms with Gasteiger partial charge in [0.05, 0.1) is 13.2 Å². The summed E-state index contributed by atoms with van der Waals surface area (Å²) in [6, 6.07) is 8.25. The predicted molar refractivity (Wildman–Crippen MR) is 99.8 cm³/mol. The molecule has 0 bridgehead atoms. The zero-order valence-electron chi connectivity index (χ0n) is 14.1. The third-order valence-electron chi connectivity index (χ3n) is 3.79. The summed E-state index contributed by atoms with van der Waals surface area (Å²) in [5, 5.41) is 13.5. The van der Waals surface area contributed by atoms with Gasteiger partial charge in [0.15, 0.2) is 5.13 Å². The van der Waals surface area contributed by atoms with E-state index in [0.29, 0.717) is 6.54 Å². The lowest BCUT2D eigenvalue weighted by Gasteiger charge is -2.18. The molecular weight excluding hydrogens is 308 g/mol. The second kappa shape index (κ2) is 8.74. The number of likely N-dealkylation sites (N-methyl/N-ethyl adjacent to an activating group) is 1. The van der Waals surface area contributed by atoms with Gasteiger partial charge >= 0.3 is 0 Å². The number of anilines is 3. The van der Waals surface area contributed by atoms with Crippen LogP contribution in [0.5, 0.6) is 0 Å². The highest BCUT2D eigenvalue weighted by Gasteiger charge is 2.07. The molecule has 126 valence electrons. The summed E-state index contributed by atoms with van der Waals surface area (Å²) >= 11 is 1.74. The summed E-state index contributed by atoms with van der Waals surface area (Å²) in [5.41, 5.74) is 2.19. The molecule has 0 amide bonds. The Balaban J connectivity index is 1.91. The summed E-state index contributed by atoms with van der Waals surface area (Å²) in [7, 11) is 1.98. The number of benzene rings is 1. The number of hydrogen-bond acceptors (Lipinski definition) is 6. The van der Waals surface area contributed by atoms with E-state index in [1.165, 1.54) is 4.88 Å².